The molecule has 1 aliphatic heterocycles. The Morgan fingerprint density at radius 2 is 2.14 bits per heavy atom. The van der Waals surface area contributed by atoms with Gasteiger partial charge in [-0.3, -0.25) is 9.59 Å². The summed E-state index contributed by atoms with van der Waals surface area (Å²) in [5.74, 6) is -0.281. The van der Waals surface area contributed by atoms with Gasteiger partial charge in [-0.1, -0.05) is 19.1 Å². The normalized spacial score (nSPS) is 18.5. The molecule has 2 amide bonds. The first kappa shape index (κ1) is 15.4. The zero-order valence-corrected chi connectivity index (χ0v) is 12.4. The largest absolute Gasteiger partial charge is 0.384 e. The second-order valence-electron chi connectivity index (χ2n) is 5.29. The fraction of sp³-hybridized carbons (Fsp3) is 0.500. The molecule has 3 N–H and O–H groups in total. The molecule has 5 nitrogen and oxygen atoms in total. The number of hydrogen-bond acceptors (Lipinski definition) is 3. The van der Waals surface area contributed by atoms with Crippen LogP contribution in [0.25, 0.3) is 0 Å². The van der Waals surface area contributed by atoms with Crippen molar-refractivity contribution in [3.05, 3.63) is 29.8 Å². The third-order valence-corrected chi connectivity index (χ3v) is 3.58. The van der Waals surface area contributed by atoms with Gasteiger partial charge >= 0.3 is 0 Å². The minimum absolute atomic E-state index is 0.0835. The summed E-state index contributed by atoms with van der Waals surface area (Å²) in [4.78, 5) is 24.3. The van der Waals surface area contributed by atoms with Gasteiger partial charge in [0.2, 0.25) is 5.91 Å². The van der Waals surface area contributed by atoms with E-state index in [1.54, 1.807) is 6.07 Å². The number of amides is 2. The van der Waals surface area contributed by atoms with Crippen LogP contribution in [0.5, 0.6) is 0 Å². The first-order chi connectivity index (χ1) is 10.2. The van der Waals surface area contributed by atoms with E-state index in [0.29, 0.717) is 18.5 Å². The van der Waals surface area contributed by atoms with Crippen LogP contribution in [0.3, 0.4) is 0 Å². The second-order valence-corrected chi connectivity index (χ2v) is 5.29. The third-order valence-electron chi connectivity index (χ3n) is 3.58. The highest BCUT2D eigenvalue weighted by molar-refractivity contribution is 6.01. The predicted molar refractivity (Wildman–Crippen MR) is 83.3 cm³/mol. The van der Waals surface area contributed by atoms with Crippen LogP contribution >= 0.6 is 0 Å². The van der Waals surface area contributed by atoms with Gasteiger partial charge in [-0.05, 0) is 37.8 Å². The smallest absolute Gasteiger partial charge is 0.254 e. The summed E-state index contributed by atoms with van der Waals surface area (Å²) >= 11 is 0. The Labute approximate surface area is 125 Å². The van der Waals surface area contributed by atoms with Crippen LogP contribution in [-0.4, -0.2) is 30.9 Å². The van der Waals surface area contributed by atoms with Gasteiger partial charge in [0, 0.05) is 18.8 Å². The molecule has 5 heteroatoms. The Bertz CT molecular complexity index is 502. The van der Waals surface area contributed by atoms with Crippen molar-refractivity contribution in [1.82, 2.24) is 10.6 Å². The highest BCUT2D eigenvalue weighted by Gasteiger charge is 2.23. The van der Waals surface area contributed by atoms with E-state index in [1.807, 2.05) is 18.2 Å². The monoisotopic (exact) mass is 289 g/mol. The topological polar surface area (TPSA) is 70.2 Å². The molecule has 1 unspecified atom stereocenters. The average molecular weight is 289 g/mol. The molecule has 0 radical (unpaired) electrons. The Hall–Kier alpha value is -2.04. The molecule has 1 aliphatic rings. The van der Waals surface area contributed by atoms with Crippen LogP contribution in [-0.2, 0) is 4.79 Å². The fourth-order valence-corrected chi connectivity index (χ4v) is 2.41. The Kier molecular flexibility index (Phi) is 5.60. The maximum atomic E-state index is 12.4. The van der Waals surface area contributed by atoms with E-state index in [0.717, 1.165) is 31.5 Å². The molecule has 2 rings (SSSR count). The summed E-state index contributed by atoms with van der Waals surface area (Å²) in [6.45, 7) is 3.58. The van der Waals surface area contributed by atoms with Gasteiger partial charge < -0.3 is 16.0 Å². The van der Waals surface area contributed by atoms with Crippen molar-refractivity contribution in [1.29, 1.82) is 0 Å². The lowest BCUT2D eigenvalue weighted by Crippen LogP contribution is -2.45. The minimum Gasteiger partial charge on any atom is -0.384 e. The molecular weight excluding hydrogens is 266 g/mol. The van der Waals surface area contributed by atoms with E-state index < -0.39 is 6.04 Å². The van der Waals surface area contributed by atoms with E-state index in [-0.39, 0.29) is 11.8 Å². The minimum atomic E-state index is -0.431. The van der Waals surface area contributed by atoms with Crippen LogP contribution in [0, 0.1) is 0 Å². The van der Waals surface area contributed by atoms with Crippen LogP contribution in [0.2, 0.25) is 0 Å². The van der Waals surface area contributed by atoms with Gasteiger partial charge in [-0.25, -0.2) is 0 Å². The van der Waals surface area contributed by atoms with Crippen molar-refractivity contribution in [2.24, 2.45) is 0 Å². The number of benzene rings is 1. The highest BCUT2D eigenvalue weighted by atomic mass is 16.2. The maximum absolute atomic E-state index is 12.4. The van der Waals surface area contributed by atoms with Crippen molar-refractivity contribution in [2.75, 3.05) is 18.4 Å². The summed E-state index contributed by atoms with van der Waals surface area (Å²) in [5, 5.41) is 8.93. The molecular formula is C16H23N3O2. The van der Waals surface area contributed by atoms with Crippen molar-refractivity contribution in [3.8, 4) is 0 Å². The lowest BCUT2D eigenvalue weighted by molar-refractivity contribution is -0.122. The van der Waals surface area contributed by atoms with Crippen LogP contribution < -0.4 is 16.0 Å². The molecule has 114 valence electrons. The van der Waals surface area contributed by atoms with E-state index in [4.69, 9.17) is 0 Å². The van der Waals surface area contributed by atoms with Crippen LogP contribution in [0.15, 0.2) is 24.3 Å². The Morgan fingerprint density at radius 3 is 2.95 bits per heavy atom. The lowest BCUT2D eigenvalue weighted by Gasteiger charge is -2.17. The Balaban J connectivity index is 2.07. The standard InChI is InChI=1S/C16H23N3O2/c1-2-10-17-13-8-4-3-7-12(13)15(20)19-14-9-5-6-11-18-16(14)21/h3-4,7-8,14,17H,2,5-6,9-11H2,1H3,(H,18,21)(H,19,20). The fourth-order valence-electron chi connectivity index (χ4n) is 2.41. The molecule has 0 bridgehead atoms. The molecule has 0 aliphatic carbocycles. The molecule has 1 aromatic rings. The number of carbonyl (C=O) groups excluding carboxylic acids is 2. The second kappa shape index (κ2) is 7.67. The molecule has 1 aromatic carbocycles. The maximum Gasteiger partial charge on any atom is 0.254 e. The first-order valence-electron chi connectivity index (χ1n) is 7.64. The SMILES string of the molecule is CCCNc1ccccc1C(=O)NC1CCCCNC1=O. The number of nitrogens with one attached hydrogen (secondary N) is 3. The van der Waals surface area contributed by atoms with E-state index >= 15 is 0 Å². The van der Waals surface area contributed by atoms with Gasteiger partial charge in [0.1, 0.15) is 6.04 Å². The molecule has 1 atom stereocenters. The first-order valence-corrected chi connectivity index (χ1v) is 7.64. The average Bonchev–Trinajstić information content (AvgIpc) is 2.70. The van der Waals surface area contributed by atoms with Crippen LogP contribution in [0.1, 0.15) is 43.0 Å². The third kappa shape index (κ3) is 4.21. The zero-order valence-electron chi connectivity index (χ0n) is 12.4. The number of anilines is 1. The zero-order chi connectivity index (χ0) is 15.1. The number of carbonyl (C=O) groups is 2. The van der Waals surface area contributed by atoms with Crippen molar-refractivity contribution < 1.29 is 9.59 Å². The summed E-state index contributed by atoms with van der Waals surface area (Å²) < 4.78 is 0. The number of para-hydroxylation sites is 1. The summed E-state index contributed by atoms with van der Waals surface area (Å²) in [6, 6.07) is 6.96. The van der Waals surface area contributed by atoms with Crippen molar-refractivity contribution in [2.45, 2.75) is 38.6 Å². The van der Waals surface area contributed by atoms with Crippen molar-refractivity contribution in [3.63, 3.8) is 0 Å². The van der Waals surface area contributed by atoms with Gasteiger partial charge in [-0.15, -0.1) is 0 Å². The van der Waals surface area contributed by atoms with Gasteiger partial charge in [0.25, 0.3) is 5.91 Å². The van der Waals surface area contributed by atoms with E-state index in [1.165, 1.54) is 0 Å². The quantitative estimate of drug-likeness (QED) is 0.775. The lowest BCUT2D eigenvalue weighted by atomic mass is 10.1. The predicted octanol–water partition coefficient (Wildman–Crippen LogP) is 1.91. The number of rotatable bonds is 5. The molecule has 1 heterocycles. The number of hydrogen-bond donors (Lipinski definition) is 3. The van der Waals surface area contributed by atoms with E-state index in [9.17, 15) is 9.59 Å². The summed E-state index contributed by atoms with van der Waals surface area (Å²) in [7, 11) is 0. The molecule has 0 aromatic heterocycles. The highest BCUT2D eigenvalue weighted by Crippen LogP contribution is 2.16. The summed E-state index contributed by atoms with van der Waals surface area (Å²) in [6.07, 6.45) is 3.59. The van der Waals surface area contributed by atoms with Gasteiger partial charge in [0.15, 0.2) is 0 Å². The Morgan fingerprint density at radius 1 is 1.33 bits per heavy atom. The molecule has 21 heavy (non-hydrogen) atoms. The molecule has 1 saturated heterocycles. The van der Waals surface area contributed by atoms with Crippen LogP contribution in [0.4, 0.5) is 5.69 Å². The summed E-state index contributed by atoms with van der Waals surface area (Å²) in [5.41, 5.74) is 1.40. The molecule has 1 fully saturated rings. The van der Waals surface area contributed by atoms with Gasteiger partial charge in [0.05, 0.1) is 5.56 Å². The molecule has 0 saturated carbocycles. The molecule has 0 spiro atoms. The van der Waals surface area contributed by atoms with Crippen molar-refractivity contribution >= 4 is 17.5 Å². The van der Waals surface area contributed by atoms with E-state index in [2.05, 4.69) is 22.9 Å². The van der Waals surface area contributed by atoms with Gasteiger partial charge in [-0.2, -0.15) is 0 Å².